The summed E-state index contributed by atoms with van der Waals surface area (Å²) in [7, 11) is 1.47. The smallest absolute Gasteiger partial charge is 0.410 e. The van der Waals surface area contributed by atoms with Crippen LogP contribution in [0.2, 0.25) is 0 Å². The van der Waals surface area contributed by atoms with Crippen molar-refractivity contribution in [2.24, 2.45) is 4.99 Å². The van der Waals surface area contributed by atoms with Crippen molar-refractivity contribution in [2.75, 3.05) is 33.2 Å². The van der Waals surface area contributed by atoms with Crippen molar-refractivity contribution in [3.05, 3.63) is 53.3 Å². The molecule has 1 fully saturated rings. The molecule has 0 bridgehead atoms. The molecule has 0 saturated carbocycles. The lowest BCUT2D eigenvalue weighted by molar-refractivity contribution is -0.00166. The lowest BCUT2D eigenvalue weighted by atomic mass is 10.0. The van der Waals surface area contributed by atoms with E-state index in [0.717, 1.165) is 0 Å². The molecule has 1 aliphatic heterocycles. The van der Waals surface area contributed by atoms with Crippen LogP contribution in [-0.4, -0.2) is 90.1 Å². The maximum absolute atomic E-state index is 12.7. The van der Waals surface area contributed by atoms with Gasteiger partial charge in [0.1, 0.15) is 11.4 Å². The largest absolute Gasteiger partial charge is 0.482 e. The Balaban J connectivity index is 2.38. The summed E-state index contributed by atoms with van der Waals surface area (Å²) in [6.07, 6.45) is 4.05. The van der Waals surface area contributed by atoms with Crippen LogP contribution in [0, 0.1) is 6.92 Å². The monoisotopic (exact) mass is 528 g/mol. The number of nitrogens with one attached hydrogen (secondary N) is 1. The Morgan fingerprint density at radius 3 is 2.47 bits per heavy atom. The molecular formula is C28H40N4O6. The van der Waals surface area contributed by atoms with Crippen molar-refractivity contribution in [3.63, 3.8) is 0 Å². The van der Waals surface area contributed by atoms with Crippen molar-refractivity contribution in [1.29, 1.82) is 0 Å². The topological polar surface area (TPSA) is 121 Å². The molecule has 0 radical (unpaired) electrons. The number of carbonyl (C=O) groups excluding carboxylic acids is 2. The van der Waals surface area contributed by atoms with Gasteiger partial charge in [-0.15, -0.1) is 0 Å². The van der Waals surface area contributed by atoms with Gasteiger partial charge in [0.2, 0.25) is 0 Å². The Morgan fingerprint density at radius 2 is 1.95 bits per heavy atom. The van der Waals surface area contributed by atoms with Crippen molar-refractivity contribution in [3.8, 4) is 5.75 Å². The van der Waals surface area contributed by atoms with Gasteiger partial charge in [0.05, 0.1) is 16.8 Å². The zero-order chi connectivity index (χ0) is 28.6. The molecule has 0 aliphatic carbocycles. The summed E-state index contributed by atoms with van der Waals surface area (Å²) in [6, 6.07) is 2.79. The van der Waals surface area contributed by atoms with Crippen molar-refractivity contribution >= 4 is 24.2 Å². The molecule has 0 aromatic heterocycles. The first-order valence-electron chi connectivity index (χ1n) is 12.6. The highest BCUT2D eigenvalue weighted by Crippen LogP contribution is 2.27. The molecule has 38 heavy (non-hydrogen) atoms. The first-order valence-corrected chi connectivity index (χ1v) is 12.6. The number of rotatable bonds is 9. The zero-order valence-electron chi connectivity index (χ0n) is 23.4. The number of piperazine rings is 1. The average Bonchev–Trinajstić information content (AvgIpc) is 2.81. The number of aliphatic imine (C=N–C) groups is 1. The van der Waals surface area contributed by atoms with Crippen LogP contribution in [0.25, 0.3) is 0 Å². The number of hydrogen-bond acceptors (Lipinski definition) is 7. The predicted octanol–water partition coefficient (Wildman–Crippen LogP) is 3.90. The number of carboxylic acid groups (broad SMARTS) is 1. The van der Waals surface area contributed by atoms with Gasteiger partial charge in [-0.1, -0.05) is 12.7 Å². The molecule has 0 spiro atoms. The highest BCUT2D eigenvalue weighted by molar-refractivity contribution is 6.00. The standard InChI is InChI=1S/C28H40N4O6/c1-9-11-22(30-10-2)24(17-31-12-13-32(19(4)16-31)27(36)38-28(5,6)7)37-23-14-18(3)20(26(34)35)15-21(23)25(33)29-8/h9-11,14-15,19,24H,1,12-13,16-17H2,2-8H3,(H,29,33)(H,34,35)/b22-11-,30-10?/t19-,24-/m1/s1. The summed E-state index contributed by atoms with van der Waals surface area (Å²) in [5, 5.41) is 12.1. The van der Waals surface area contributed by atoms with Crippen LogP contribution < -0.4 is 10.1 Å². The SMILES string of the molecule is C=C/C=C(\N=CC)[C@@H](CN1CCN(C(=O)OC(C)(C)C)[C@H](C)C1)Oc1cc(C)c(C(=O)O)cc1C(=O)NC. The summed E-state index contributed by atoms with van der Waals surface area (Å²) in [6.45, 7) is 16.8. The van der Waals surface area contributed by atoms with E-state index in [9.17, 15) is 19.5 Å². The lowest BCUT2D eigenvalue weighted by Crippen LogP contribution is -2.56. The van der Waals surface area contributed by atoms with E-state index in [1.807, 2.05) is 27.7 Å². The second kappa shape index (κ2) is 13.2. The van der Waals surface area contributed by atoms with E-state index in [1.54, 1.807) is 43.2 Å². The second-order valence-electron chi connectivity index (χ2n) is 10.2. The van der Waals surface area contributed by atoms with Gasteiger partial charge in [-0.2, -0.15) is 0 Å². The van der Waals surface area contributed by atoms with E-state index in [2.05, 4.69) is 21.8 Å². The fourth-order valence-electron chi connectivity index (χ4n) is 4.19. The minimum Gasteiger partial charge on any atom is -0.482 e. The van der Waals surface area contributed by atoms with Gasteiger partial charge in [-0.05, 0) is 65.3 Å². The van der Waals surface area contributed by atoms with Crippen LogP contribution in [0.15, 0.2) is 41.6 Å². The highest BCUT2D eigenvalue weighted by Gasteiger charge is 2.33. The number of carboxylic acids is 1. The Kier molecular flexibility index (Phi) is 10.6. The molecule has 0 unspecified atom stereocenters. The number of aromatic carboxylic acids is 1. The summed E-state index contributed by atoms with van der Waals surface area (Å²) >= 11 is 0. The lowest BCUT2D eigenvalue weighted by Gasteiger charge is -2.41. The molecule has 1 aromatic rings. The molecule has 2 atom stereocenters. The molecule has 1 aromatic carbocycles. The van der Waals surface area contributed by atoms with E-state index >= 15 is 0 Å². The van der Waals surface area contributed by atoms with Crippen LogP contribution >= 0.6 is 0 Å². The fraction of sp³-hybridized carbons (Fsp3) is 0.500. The van der Waals surface area contributed by atoms with Crippen molar-refractivity contribution in [1.82, 2.24) is 15.1 Å². The number of ether oxygens (including phenoxy) is 2. The minimum atomic E-state index is -1.13. The number of carbonyl (C=O) groups is 3. The Hall–Kier alpha value is -3.66. The van der Waals surface area contributed by atoms with Gasteiger partial charge >= 0.3 is 12.1 Å². The van der Waals surface area contributed by atoms with Gasteiger partial charge in [0.15, 0.2) is 6.10 Å². The van der Waals surface area contributed by atoms with E-state index in [4.69, 9.17) is 9.47 Å². The average molecular weight is 529 g/mol. The third kappa shape index (κ3) is 8.17. The van der Waals surface area contributed by atoms with Gasteiger partial charge < -0.3 is 24.8 Å². The Bertz CT molecular complexity index is 1110. The minimum absolute atomic E-state index is 0.0213. The molecule has 2 amide bonds. The third-order valence-electron chi connectivity index (χ3n) is 5.96. The number of nitrogens with zero attached hydrogens (tertiary/aromatic N) is 3. The first-order chi connectivity index (χ1) is 17.8. The first kappa shape index (κ1) is 30.6. The number of allylic oxidation sites excluding steroid dienone is 2. The maximum Gasteiger partial charge on any atom is 0.410 e. The van der Waals surface area contributed by atoms with Crippen LogP contribution in [0.1, 0.15) is 60.9 Å². The molecule has 208 valence electrons. The quantitative estimate of drug-likeness (QED) is 0.368. The molecule has 1 saturated heterocycles. The molecule has 1 aliphatic rings. The maximum atomic E-state index is 12.7. The van der Waals surface area contributed by atoms with E-state index < -0.39 is 23.6 Å². The summed E-state index contributed by atoms with van der Waals surface area (Å²) < 4.78 is 12.0. The number of amides is 2. The molecule has 2 N–H and O–H groups in total. The summed E-state index contributed by atoms with van der Waals surface area (Å²) in [5.41, 5.74) is 0.612. The predicted molar refractivity (Wildman–Crippen MR) is 147 cm³/mol. The zero-order valence-corrected chi connectivity index (χ0v) is 23.4. The van der Waals surface area contributed by atoms with Crippen LogP contribution in [0.4, 0.5) is 4.79 Å². The molecular weight excluding hydrogens is 488 g/mol. The highest BCUT2D eigenvalue weighted by atomic mass is 16.6. The van der Waals surface area contributed by atoms with Gasteiger partial charge in [0.25, 0.3) is 5.91 Å². The van der Waals surface area contributed by atoms with E-state index in [-0.39, 0.29) is 29.0 Å². The molecule has 10 nitrogen and oxygen atoms in total. The van der Waals surface area contributed by atoms with Crippen LogP contribution in [0.3, 0.4) is 0 Å². The fourth-order valence-corrected chi connectivity index (χ4v) is 4.19. The number of benzene rings is 1. The normalized spacial score (nSPS) is 17.7. The van der Waals surface area contributed by atoms with Gasteiger partial charge in [0, 0.05) is 45.5 Å². The molecule has 1 heterocycles. The second-order valence-corrected chi connectivity index (χ2v) is 10.2. The molecule has 10 heteroatoms. The number of hydrogen-bond donors (Lipinski definition) is 2. The van der Waals surface area contributed by atoms with E-state index in [1.165, 1.54) is 13.1 Å². The number of aryl methyl sites for hydroxylation is 1. The van der Waals surface area contributed by atoms with Gasteiger partial charge in [-0.25, -0.2) is 9.59 Å². The van der Waals surface area contributed by atoms with Crippen LogP contribution in [-0.2, 0) is 4.74 Å². The Morgan fingerprint density at radius 1 is 1.26 bits per heavy atom. The van der Waals surface area contributed by atoms with Crippen molar-refractivity contribution < 1.29 is 29.0 Å². The summed E-state index contributed by atoms with van der Waals surface area (Å²) in [4.78, 5) is 45.3. The van der Waals surface area contributed by atoms with Crippen LogP contribution in [0.5, 0.6) is 5.75 Å². The van der Waals surface area contributed by atoms with E-state index in [0.29, 0.717) is 37.4 Å². The van der Waals surface area contributed by atoms with Crippen molar-refractivity contribution in [2.45, 2.75) is 59.3 Å². The van der Waals surface area contributed by atoms with Gasteiger partial charge in [-0.3, -0.25) is 14.7 Å². The Labute approximate surface area is 225 Å². The molecule has 2 rings (SSSR count). The summed E-state index contributed by atoms with van der Waals surface area (Å²) in [5.74, 6) is -1.34. The third-order valence-corrected chi connectivity index (χ3v) is 5.96.